The highest BCUT2D eigenvalue weighted by Crippen LogP contribution is 2.29. The van der Waals surface area contributed by atoms with E-state index in [9.17, 15) is 9.59 Å². The van der Waals surface area contributed by atoms with E-state index in [4.69, 9.17) is 4.74 Å². The summed E-state index contributed by atoms with van der Waals surface area (Å²) in [5, 5.41) is 3.14. The molecular weight excluding hydrogens is 500 g/mol. The van der Waals surface area contributed by atoms with Crippen molar-refractivity contribution in [3.05, 3.63) is 77.4 Å². The maximum Gasteiger partial charge on any atom is 0.236 e. The molecule has 0 spiro atoms. The highest BCUT2D eigenvalue weighted by molar-refractivity contribution is 5.79. The standard InChI is InChI=1S/C33H44N4O3/c1-26-9-2-3-10-28(26)22-36-23-30-11-4-5-13-31(30)40-20-8-12-29-24-37(33(39)25-36)18-14-27(29)21-32(38)34-15-19-35-16-6-7-17-35/h2-5,8-13,27,29H,6-7,14-25H2,1H3,(H,34,38)/b12-8-/t27-,29-/m0/s1. The molecule has 7 heteroatoms. The first-order valence-corrected chi connectivity index (χ1v) is 15.0. The topological polar surface area (TPSA) is 65.1 Å². The van der Waals surface area contributed by atoms with Crippen LogP contribution >= 0.6 is 0 Å². The summed E-state index contributed by atoms with van der Waals surface area (Å²) < 4.78 is 6.21. The number of likely N-dealkylation sites (tertiary alicyclic amines) is 1. The molecule has 3 heterocycles. The van der Waals surface area contributed by atoms with Gasteiger partial charge >= 0.3 is 0 Å². The average molecular weight is 545 g/mol. The number of benzene rings is 2. The third-order valence-corrected chi connectivity index (χ3v) is 8.65. The van der Waals surface area contributed by atoms with Crippen molar-refractivity contribution < 1.29 is 14.3 Å². The summed E-state index contributed by atoms with van der Waals surface area (Å²) in [6, 6.07) is 16.5. The van der Waals surface area contributed by atoms with Crippen LogP contribution in [0.4, 0.5) is 0 Å². The van der Waals surface area contributed by atoms with Crippen LogP contribution in [0.3, 0.4) is 0 Å². The van der Waals surface area contributed by atoms with Crippen molar-refractivity contribution in [3.63, 3.8) is 0 Å². The van der Waals surface area contributed by atoms with Crippen molar-refractivity contribution in [1.29, 1.82) is 0 Å². The first-order valence-electron chi connectivity index (χ1n) is 15.0. The highest BCUT2D eigenvalue weighted by atomic mass is 16.5. The van der Waals surface area contributed by atoms with Crippen LogP contribution in [0, 0.1) is 18.8 Å². The molecule has 0 saturated carbocycles. The van der Waals surface area contributed by atoms with Crippen LogP contribution in [0.1, 0.15) is 42.4 Å². The molecule has 2 amide bonds. The van der Waals surface area contributed by atoms with Gasteiger partial charge in [0.2, 0.25) is 11.8 Å². The predicted molar refractivity (Wildman–Crippen MR) is 158 cm³/mol. The summed E-state index contributed by atoms with van der Waals surface area (Å²) in [4.78, 5) is 33.2. The number of hydrogen-bond acceptors (Lipinski definition) is 5. The Bertz CT molecular complexity index is 1180. The van der Waals surface area contributed by atoms with Crippen LogP contribution in [0.15, 0.2) is 60.7 Å². The number of rotatable bonds is 7. The van der Waals surface area contributed by atoms with E-state index in [0.717, 1.165) is 37.4 Å². The van der Waals surface area contributed by atoms with Crippen molar-refractivity contribution in [1.82, 2.24) is 20.0 Å². The van der Waals surface area contributed by atoms with E-state index >= 15 is 0 Å². The SMILES string of the molecule is Cc1ccccc1CN1CC(=O)N2CC[C@@H](CC(=O)NCCN3CCCC3)[C@@H](/C=C\COc3ccccc3C1)C2. The number of ether oxygens (including phenoxy) is 1. The molecule has 2 aromatic carbocycles. The zero-order chi connectivity index (χ0) is 27.7. The second kappa shape index (κ2) is 14.0. The van der Waals surface area contributed by atoms with Gasteiger partial charge in [-0.05, 0) is 68.3 Å². The fraction of sp³-hybridized carbons (Fsp3) is 0.515. The number of carbonyl (C=O) groups is 2. The van der Waals surface area contributed by atoms with E-state index in [1.165, 1.54) is 24.0 Å². The molecule has 2 aromatic rings. The molecule has 5 rings (SSSR count). The molecule has 0 aromatic heterocycles. The number of nitrogens with one attached hydrogen (secondary N) is 1. The summed E-state index contributed by atoms with van der Waals surface area (Å²) in [5.74, 6) is 1.47. The molecule has 2 atom stereocenters. The number of piperidine rings is 1. The van der Waals surface area contributed by atoms with Crippen molar-refractivity contribution in [2.24, 2.45) is 11.8 Å². The monoisotopic (exact) mass is 544 g/mol. The van der Waals surface area contributed by atoms with Gasteiger partial charge in [0.05, 0.1) is 6.54 Å². The minimum absolute atomic E-state index is 0.120. The zero-order valence-electron chi connectivity index (χ0n) is 23.9. The predicted octanol–water partition coefficient (Wildman–Crippen LogP) is 4.01. The van der Waals surface area contributed by atoms with E-state index in [-0.39, 0.29) is 23.7 Å². The normalized spacial score (nSPS) is 23.3. The Morgan fingerprint density at radius 3 is 2.65 bits per heavy atom. The number of para-hydroxylation sites is 1. The molecule has 2 fully saturated rings. The second-order valence-corrected chi connectivity index (χ2v) is 11.6. The lowest BCUT2D eigenvalue weighted by Crippen LogP contribution is -2.47. The molecule has 214 valence electrons. The van der Waals surface area contributed by atoms with Crippen molar-refractivity contribution in [3.8, 4) is 5.75 Å². The number of fused-ring (bicyclic) bond motifs is 3. The third kappa shape index (κ3) is 7.73. The number of aryl methyl sites for hydroxylation is 1. The van der Waals surface area contributed by atoms with E-state index in [1.54, 1.807) is 0 Å². The number of carbonyl (C=O) groups excluding carboxylic acids is 2. The maximum atomic E-state index is 13.7. The molecule has 3 aliphatic heterocycles. The van der Waals surface area contributed by atoms with Crippen LogP contribution in [0.5, 0.6) is 5.75 Å². The van der Waals surface area contributed by atoms with Crippen molar-refractivity contribution >= 4 is 11.8 Å². The van der Waals surface area contributed by atoms with E-state index in [1.807, 2.05) is 23.1 Å². The Balaban J connectivity index is 1.28. The van der Waals surface area contributed by atoms with E-state index < -0.39 is 0 Å². The van der Waals surface area contributed by atoms with Gasteiger partial charge < -0.3 is 19.9 Å². The van der Waals surface area contributed by atoms with Crippen molar-refractivity contribution in [2.45, 2.75) is 45.7 Å². The van der Waals surface area contributed by atoms with Crippen molar-refractivity contribution in [2.75, 3.05) is 52.4 Å². The lowest BCUT2D eigenvalue weighted by Gasteiger charge is -2.38. The minimum Gasteiger partial charge on any atom is -0.489 e. The van der Waals surface area contributed by atoms with Crippen LogP contribution in [-0.4, -0.2) is 78.9 Å². The van der Waals surface area contributed by atoms with Gasteiger partial charge in [-0.1, -0.05) is 54.6 Å². The van der Waals surface area contributed by atoms with Crippen LogP contribution in [0.25, 0.3) is 0 Å². The molecule has 3 aliphatic rings. The number of hydrogen-bond donors (Lipinski definition) is 1. The first kappa shape index (κ1) is 28.4. The van der Waals surface area contributed by atoms with E-state index in [0.29, 0.717) is 52.3 Å². The Morgan fingerprint density at radius 1 is 1.00 bits per heavy atom. The van der Waals surface area contributed by atoms with Gasteiger partial charge in [-0.2, -0.15) is 0 Å². The summed E-state index contributed by atoms with van der Waals surface area (Å²) in [6.45, 7) is 9.54. The first-order chi connectivity index (χ1) is 19.5. The number of nitrogens with zero attached hydrogens (tertiary/aromatic N) is 3. The Morgan fingerprint density at radius 2 is 1.80 bits per heavy atom. The molecule has 2 bridgehead atoms. The maximum absolute atomic E-state index is 13.7. The van der Waals surface area contributed by atoms with Gasteiger partial charge in [0.15, 0.2) is 0 Å². The largest absolute Gasteiger partial charge is 0.489 e. The van der Waals surface area contributed by atoms with E-state index in [2.05, 4.69) is 64.5 Å². The van der Waals surface area contributed by atoms with Crippen LogP contribution < -0.4 is 10.1 Å². The Hall–Kier alpha value is -3.16. The van der Waals surface area contributed by atoms with Gasteiger partial charge in [0, 0.05) is 51.3 Å². The minimum atomic E-state index is 0.120. The Kier molecular flexibility index (Phi) is 9.90. The molecule has 0 aliphatic carbocycles. The lowest BCUT2D eigenvalue weighted by atomic mass is 9.82. The smallest absolute Gasteiger partial charge is 0.236 e. The Labute approximate surface area is 239 Å². The van der Waals surface area contributed by atoms with Crippen LogP contribution in [-0.2, 0) is 22.7 Å². The van der Waals surface area contributed by atoms with Gasteiger partial charge in [-0.25, -0.2) is 0 Å². The van der Waals surface area contributed by atoms with Crippen LogP contribution in [0.2, 0.25) is 0 Å². The molecule has 7 nitrogen and oxygen atoms in total. The zero-order valence-corrected chi connectivity index (χ0v) is 23.9. The summed E-state index contributed by atoms with van der Waals surface area (Å²) >= 11 is 0. The van der Waals surface area contributed by atoms with Gasteiger partial charge in [0.1, 0.15) is 12.4 Å². The average Bonchev–Trinajstić information content (AvgIpc) is 3.47. The summed E-state index contributed by atoms with van der Waals surface area (Å²) in [7, 11) is 0. The highest BCUT2D eigenvalue weighted by Gasteiger charge is 2.32. The van der Waals surface area contributed by atoms with Gasteiger partial charge in [-0.15, -0.1) is 0 Å². The summed E-state index contributed by atoms with van der Waals surface area (Å²) in [6.07, 6.45) is 8.10. The molecule has 40 heavy (non-hydrogen) atoms. The van der Waals surface area contributed by atoms with Gasteiger partial charge in [-0.3, -0.25) is 14.5 Å². The number of amides is 2. The molecule has 0 unspecified atom stereocenters. The fourth-order valence-electron chi connectivity index (χ4n) is 6.27. The molecule has 2 saturated heterocycles. The quantitative estimate of drug-likeness (QED) is 0.534. The summed E-state index contributed by atoms with van der Waals surface area (Å²) in [5.41, 5.74) is 3.54. The molecule has 0 radical (unpaired) electrons. The molecule has 1 N–H and O–H groups in total. The second-order valence-electron chi connectivity index (χ2n) is 11.6. The fourth-order valence-corrected chi connectivity index (χ4v) is 6.27. The third-order valence-electron chi connectivity index (χ3n) is 8.65. The molecular formula is C33H44N4O3. The van der Waals surface area contributed by atoms with Gasteiger partial charge in [0.25, 0.3) is 0 Å². The lowest BCUT2D eigenvalue weighted by molar-refractivity contribution is -0.135.